The molecule has 0 aliphatic carbocycles. The topological polar surface area (TPSA) is 46.6 Å². The van der Waals surface area contributed by atoms with E-state index in [0.717, 1.165) is 11.1 Å². The van der Waals surface area contributed by atoms with Crippen molar-refractivity contribution in [2.45, 2.75) is 19.7 Å². The standard InChI is InChI=1S/C11H15NO3S/c1-3-15-11-10-7-5-4-6-9(10)8-12(11)16(2,13)14/h4-7,11H,3,8H2,1-2H3. The van der Waals surface area contributed by atoms with E-state index in [2.05, 4.69) is 0 Å². The fourth-order valence-electron chi connectivity index (χ4n) is 1.95. The molecule has 1 aromatic rings. The lowest BCUT2D eigenvalue weighted by molar-refractivity contribution is -0.00556. The van der Waals surface area contributed by atoms with E-state index in [1.807, 2.05) is 31.2 Å². The van der Waals surface area contributed by atoms with Crippen LogP contribution < -0.4 is 0 Å². The second-order valence-electron chi connectivity index (χ2n) is 3.81. The zero-order valence-corrected chi connectivity index (χ0v) is 10.2. The van der Waals surface area contributed by atoms with Crippen molar-refractivity contribution in [1.29, 1.82) is 0 Å². The number of fused-ring (bicyclic) bond motifs is 1. The third-order valence-electron chi connectivity index (χ3n) is 2.66. The molecule has 0 fully saturated rings. The Morgan fingerprint density at radius 2 is 2.12 bits per heavy atom. The lowest BCUT2D eigenvalue weighted by Crippen LogP contribution is -2.30. The molecule has 4 nitrogen and oxygen atoms in total. The molecule has 1 aliphatic rings. The van der Waals surface area contributed by atoms with Crippen LogP contribution in [0.2, 0.25) is 0 Å². The first-order valence-electron chi connectivity index (χ1n) is 5.20. The van der Waals surface area contributed by atoms with Crippen molar-refractivity contribution < 1.29 is 13.2 Å². The number of nitrogens with zero attached hydrogens (tertiary/aromatic N) is 1. The van der Waals surface area contributed by atoms with Gasteiger partial charge in [0, 0.05) is 18.7 Å². The second-order valence-corrected chi connectivity index (χ2v) is 5.75. The van der Waals surface area contributed by atoms with Gasteiger partial charge in [0.2, 0.25) is 10.0 Å². The Morgan fingerprint density at radius 1 is 1.44 bits per heavy atom. The summed E-state index contributed by atoms with van der Waals surface area (Å²) >= 11 is 0. The number of hydrogen-bond acceptors (Lipinski definition) is 3. The molecule has 2 rings (SSSR count). The molecule has 88 valence electrons. The first-order chi connectivity index (χ1) is 7.54. The molecule has 0 N–H and O–H groups in total. The first-order valence-corrected chi connectivity index (χ1v) is 7.05. The van der Waals surface area contributed by atoms with Crippen molar-refractivity contribution in [3.05, 3.63) is 35.4 Å². The number of rotatable bonds is 3. The van der Waals surface area contributed by atoms with Crippen LogP contribution in [0.1, 0.15) is 24.3 Å². The van der Waals surface area contributed by atoms with Gasteiger partial charge in [-0.3, -0.25) is 0 Å². The van der Waals surface area contributed by atoms with E-state index >= 15 is 0 Å². The third-order valence-corrected chi connectivity index (χ3v) is 3.83. The summed E-state index contributed by atoms with van der Waals surface area (Å²) in [4.78, 5) is 0. The summed E-state index contributed by atoms with van der Waals surface area (Å²) in [6.45, 7) is 2.76. The molecular formula is C11H15NO3S. The van der Waals surface area contributed by atoms with Crippen LogP contribution in [0.5, 0.6) is 0 Å². The van der Waals surface area contributed by atoms with Crippen LogP contribution >= 0.6 is 0 Å². The molecular weight excluding hydrogens is 226 g/mol. The Kier molecular flexibility index (Phi) is 3.01. The van der Waals surface area contributed by atoms with Gasteiger partial charge in [0.25, 0.3) is 0 Å². The Labute approximate surface area is 95.9 Å². The van der Waals surface area contributed by atoms with E-state index in [0.29, 0.717) is 13.2 Å². The average Bonchev–Trinajstić information content (AvgIpc) is 2.58. The van der Waals surface area contributed by atoms with Crippen LogP contribution in [-0.4, -0.2) is 25.6 Å². The molecule has 0 spiro atoms. The summed E-state index contributed by atoms with van der Waals surface area (Å²) in [7, 11) is -3.23. The molecule has 0 saturated carbocycles. The highest BCUT2D eigenvalue weighted by molar-refractivity contribution is 7.88. The van der Waals surface area contributed by atoms with Crippen molar-refractivity contribution in [1.82, 2.24) is 4.31 Å². The molecule has 0 saturated heterocycles. The lowest BCUT2D eigenvalue weighted by Gasteiger charge is -2.22. The van der Waals surface area contributed by atoms with Crippen LogP contribution in [-0.2, 0) is 21.3 Å². The molecule has 0 amide bonds. The van der Waals surface area contributed by atoms with Crippen molar-refractivity contribution in [3.63, 3.8) is 0 Å². The van der Waals surface area contributed by atoms with Gasteiger partial charge in [-0.1, -0.05) is 24.3 Å². The predicted molar refractivity (Wildman–Crippen MR) is 61.2 cm³/mol. The molecule has 0 bridgehead atoms. The molecule has 0 aromatic heterocycles. The van der Waals surface area contributed by atoms with Gasteiger partial charge in [-0.2, -0.15) is 4.31 Å². The maximum absolute atomic E-state index is 11.6. The molecule has 1 aliphatic heterocycles. The highest BCUT2D eigenvalue weighted by Crippen LogP contribution is 2.35. The van der Waals surface area contributed by atoms with Gasteiger partial charge in [-0.05, 0) is 12.5 Å². The fourth-order valence-corrected chi connectivity index (χ4v) is 2.84. The van der Waals surface area contributed by atoms with Crippen molar-refractivity contribution in [2.24, 2.45) is 0 Å². The molecule has 1 unspecified atom stereocenters. The SMILES string of the molecule is CCOC1c2ccccc2CN1S(C)(=O)=O. The van der Waals surface area contributed by atoms with E-state index in [1.54, 1.807) is 0 Å². The van der Waals surface area contributed by atoms with E-state index in [9.17, 15) is 8.42 Å². The van der Waals surface area contributed by atoms with Crippen molar-refractivity contribution in [3.8, 4) is 0 Å². The lowest BCUT2D eigenvalue weighted by atomic mass is 10.1. The number of hydrogen-bond donors (Lipinski definition) is 0. The smallest absolute Gasteiger partial charge is 0.213 e. The first kappa shape index (κ1) is 11.6. The van der Waals surface area contributed by atoms with Gasteiger partial charge in [0.05, 0.1) is 6.26 Å². The summed E-state index contributed by atoms with van der Waals surface area (Å²) in [5, 5.41) is 0. The Balaban J connectivity index is 2.41. The van der Waals surface area contributed by atoms with E-state index in [4.69, 9.17) is 4.74 Å². The van der Waals surface area contributed by atoms with Crippen LogP contribution in [0.25, 0.3) is 0 Å². The summed E-state index contributed by atoms with van der Waals surface area (Å²) in [5.74, 6) is 0. The van der Waals surface area contributed by atoms with Gasteiger partial charge in [0.1, 0.15) is 6.23 Å². The molecule has 1 heterocycles. The summed E-state index contributed by atoms with van der Waals surface area (Å²) < 4.78 is 30.2. The molecule has 16 heavy (non-hydrogen) atoms. The van der Waals surface area contributed by atoms with Gasteiger partial charge in [0.15, 0.2) is 0 Å². The van der Waals surface area contributed by atoms with Crippen molar-refractivity contribution >= 4 is 10.0 Å². The average molecular weight is 241 g/mol. The summed E-state index contributed by atoms with van der Waals surface area (Å²) in [6, 6.07) is 7.66. The normalized spacial score (nSPS) is 21.0. The van der Waals surface area contributed by atoms with Crippen LogP contribution in [0.4, 0.5) is 0 Å². The van der Waals surface area contributed by atoms with E-state index in [1.165, 1.54) is 10.6 Å². The zero-order chi connectivity index (χ0) is 11.8. The maximum atomic E-state index is 11.6. The maximum Gasteiger partial charge on any atom is 0.213 e. The number of benzene rings is 1. The largest absolute Gasteiger partial charge is 0.358 e. The highest BCUT2D eigenvalue weighted by Gasteiger charge is 2.36. The predicted octanol–water partition coefficient (Wildman–Crippen LogP) is 1.50. The van der Waals surface area contributed by atoms with Crippen LogP contribution in [0.15, 0.2) is 24.3 Å². The van der Waals surface area contributed by atoms with E-state index in [-0.39, 0.29) is 0 Å². The second kappa shape index (κ2) is 4.16. The number of sulfonamides is 1. The van der Waals surface area contributed by atoms with Gasteiger partial charge >= 0.3 is 0 Å². The molecule has 1 atom stereocenters. The fraction of sp³-hybridized carbons (Fsp3) is 0.455. The molecule has 0 radical (unpaired) electrons. The molecule has 5 heteroatoms. The summed E-state index contributed by atoms with van der Waals surface area (Å²) in [5.41, 5.74) is 1.97. The van der Waals surface area contributed by atoms with Crippen LogP contribution in [0, 0.1) is 0 Å². The Hall–Kier alpha value is -0.910. The van der Waals surface area contributed by atoms with Crippen LogP contribution in [0.3, 0.4) is 0 Å². The number of ether oxygens (including phenoxy) is 1. The quantitative estimate of drug-likeness (QED) is 0.805. The van der Waals surface area contributed by atoms with Gasteiger partial charge in [-0.25, -0.2) is 8.42 Å². The minimum absolute atomic E-state index is 0.402. The van der Waals surface area contributed by atoms with Crippen molar-refractivity contribution in [2.75, 3.05) is 12.9 Å². The molecule has 1 aromatic carbocycles. The Bertz CT molecular complexity index is 484. The monoisotopic (exact) mass is 241 g/mol. The third kappa shape index (κ3) is 1.98. The summed E-state index contributed by atoms with van der Waals surface area (Å²) in [6.07, 6.45) is 0.751. The van der Waals surface area contributed by atoms with Gasteiger partial charge < -0.3 is 4.74 Å². The van der Waals surface area contributed by atoms with E-state index < -0.39 is 16.3 Å². The Morgan fingerprint density at radius 3 is 2.75 bits per heavy atom. The minimum atomic E-state index is -3.23. The van der Waals surface area contributed by atoms with Gasteiger partial charge in [-0.15, -0.1) is 0 Å². The highest BCUT2D eigenvalue weighted by atomic mass is 32.2. The zero-order valence-electron chi connectivity index (χ0n) is 9.38. The minimum Gasteiger partial charge on any atom is -0.358 e.